The van der Waals surface area contributed by atoms with Gasteiger partial charge < -0.3 is 37.5 Å². The van der Waals surface area contributed by atoms with Crippen molar-refractivity contribution in [2.45, 2.75) is 89.7 Å². The van der Waals surface area contributed by atoms with E-state index < -0.39 is 49.9 Å². The van der Waals surface area contributed by atoms with Crippen LogP contribution in [0.4, 0.5) is 0 Å². The van der Waals surface area contributed by atoms with Gasteiger partial charge in [0.25, 0.3) is 14.1 Å². The fraction of sp³-hybridized carbons (Fsp3) is 0.455. The number of ether oxygens (including phenoxy) is 6. The molecule has 1 fully saturated rings. The molecule has 0 saturated carbocycles. The zero-order valence-electron chi connectivity index (χ0n) is 35.1. The lowest BCUT2D eigenvalue weighted by atomic mass is 9.80. The predicted molar refractivity (Wildman–Crippen MR) is 224 cm³/mol. The van der Waals surface area contributed by atoms with Gasteiger partial charge in [-0.2, -0.15) is 10.5 Å². The molecule has 3 aromatic carbocycles. The van der Waals surface area contributed by atoms with E-state index in [1.165, 1.54) is 10.8 Å². The van der Waals surface area contributed by atoms with E-state index in [9.17, 15) is 14.9 Å². The number of aromatic amines is 1. The Morgan fingerprint density at radius 3 is 1.95 bits per heavy atom. The molecule has 16 heteroatoms. The van der Waals surface area contributed by atoms with Crippen molar-refractivity contribution in [3.8, 4) is 23.6 Å². The van der Waals surface area contributed by atoms with Gasteiger partial charge in [0.15, 0.2) is 6.23 Å². The Kier molecular flexibility index (Phi) is 17.0. The molecule has 1 N–H and O–H groups in total. The molecular weight excluding hydrogens is 789 g/mol. The zero-order chi connectivity index (χ0) is 43.2. The Bertz CT molecular complexity index is 2100. The number of nitriles is 2. The molecule has 15 nitrogen and oxygen atoms in total. The summed E-state index contributed by atoms with van der Waals surface area (Å²) in [5, 5.41) is 18.6. The molecule has 1 saturated heterocycles. The summed E-state index contributed by atoms with van der Waals surface area (Å²) in [5.41, 5.74) is 0.148. The van der Waals surface area contributed by atoms with Crippen LogP contribution in [0.15, 0.2) is 94.6 Å². The van der Waals surface area contributed by atoms with Crippen LogP contribution in [0.25, 0.3) is 0 Å². The second-order valence-corrected chi connectivity index (χ2v) is 15.9. The van der Waals surface area contributed by atoms with E-state index in [0.717, 1.165) is 16.7 Å². The smallest absolute Gasteiger partial charge is 0.330 e. The van der Waals surface area contributed by atoms with Crippen molar-refractivity contribution in [3.63, 3.8) is 0 Å². The standard InChI is InChI=1S/C44H54N5O10P/c1-30(2)49(31(3)4)60(57-26-12-24-46)59-39-38(58-42(40(39)55-29-54-25-11-23-45)48-27-32(5)41(50)47-43(48)51)28-56-44(33-13-9-8-10-14-33,34-15-19-36(52-6)20-16-34)35-17-21-37(53-7)22-18-35/h8-10,13-22,27,30-31,38-40,42H,11-12,25-26,28-29H2,1-7H3,(H,47,50,51)/t38-,39-,40-,42-,60?/m1/s1. The van der Waals surface area contributed by atoms with E-state index in [0.29, 0.717) is 11.5 Å². The van der Waals surface area contributed by atoms with Crippen molar-refractivity contribution < 1.29 is 37.5 Å². The van der Waals surface area contributed by atoms with Gasteiger partial charge in [-0.15, -0.1) is 0 Å². The number of rotatable bonds is 22. The summed E-state index contributed by atoms with van der Waals surface area (Å²) in [7, 11) is 1.33. The molecule has 1 aliphatic rings. The number of aryl methyl sites for hydroxylation is 1. The first kappa shape index (κ1) is 46.1. The molecule has 4 aromatic rings. The number of nitrogens with one attached hydrogen (secondary N) is 1. The molecular formula is C44H54N5O10P. The molecule has 5 rings (SSSR count). The Hall–Kier alpha value is -4.93. The molecule has 1 unspecified atom stereocenters. The van der Waals surface area contributed by atoms with Crippen LogP contribution >= 0.6 is 8.53 Å². The van der Waals surface area contributed by atoms with Gasteiger partial charge in [0.05, 0.1) is 59.0 Å². The molecule has 5 atom stereocenters. The monoisotopic (exact) mass is 843 g/mol. The fourth-order valence-corrected chi connectivity index (χ4v) is 8.90. The third-order valence-corrected chi connectivity index (χ3v) is 12.0. The molecule has 0 radical (unpaired) electrons. The van der Waals surface area contributed by atoms with E-state index in [-0.39, 0.29) is 57.1 Å². The fourth-order valence-electron chi connectivity index (χ4n) is 7.13. The topological polar surface area (TPSA) is 180 Å². The van der Waals surface area contributed by atoms with Crippen molar-refractivity contribution in [2.24, 2.45) is 0 Å². The van der Waals surface area contributed by atoms with Gasteiger partial charge in [-0.05, 0) is 75.6 Å². The number of aromatic nitrogens is 2. The minimum Gasteiger partial charge on any atom is -0.497 e. The minimum atomic E-state index is -1.88. The number of methoxy groups -OCH3 is 2. The van der Waals surface area contributed by atoms with E-state index in [4.69, 9.17) is 42.7 Å². The van der Waals surface area contributed by atoms with Crippen LogP contribution in [0.5, 0.6) is 11.5 Å². The number of hydrogen-bond acceptors (Lipinski definition) is 13. The Morgan fingerprint density at radius 2 is 1.40 bits per heavy atom. The van der Waals surface area contributed by atoms with Crippen LogP contribution in [-0.4, -0.2) is 85.5 Å². The third-order valence-electron chi connectivity index (χ3n) is 9.92. The highest BCUT2D eigenvalue weighted by Crippen LogP contribution is 2.51. The summed E-state index contributed by atoms with van der Waals surface area (Å²) in [6.07, 6.45) is -2.43. The second kappa shape index (κ2) is 22.1. The molecule has 1 aliphatic heterocycles. The lowest BCUT2D eigenvalue weighted by Crippen LogP contribution is -2.44. The zero-order valence-corrected chi connectivity index (χ0v) is 36.0. The van der Waals surface area contributed by atoms with E-state index in [1.807, 2.05) is 107 Å². The summed E-state index contributed by atoms with van der Waals surface area (Å²) in [6, 6.07) is 29.1. The van der Waals surface area contributed by atoms with Crippen LogP contribution in [0.1, 0.15) is 69.0 Å². The van der Waals surface area contributed by atoms with E-state index in [1.54, 1.807) is 21.1 Å². The summed E-state index contributed by atoms with van der Waals surface area (Å²) in [5.74, 6) is 1.32. The molecule has 0 amide bonds. The minimum absolute atomic E-state index is 0.0416. The van der Waals surface area contributed by atoms with Crippen molar-refractivity contribution >= 4 is 8.53 Å². The van der Waals surface area contributed by atoms with Crippen molar-refractivity contribution in [1.82, 2.24) is 14.2 Å². The average molecular weight is 844 g/mol. The Labute approximate surface area is 352 Å². The van der Waals surface area contributed by atoms with Crippen LogP contribution in [0, 0.1) is 29.6 Å². The Balaban J connectivity index is 1.69. The van der Waals surface area contributed by atoms with Crippen LogP contribution in [0.2, 0.25) is 0 Å². The van der Waals surface area contributed by atoms with E-state index >= 15 is 0 Å². The maximum Gasteiger partial charge on any atom is 0.330 e. The quantitative estimate of drug-likeness (QED) is 0.0383. The summed E-state index contributed by atoms with van der Waals surface area (Å²) >= 11 is 0. The highest BCUT2D eigenvalue weighted by molar-refractivity contribution is 7.44. The molecule has 0 aliphatic carbocycles. The van der Waals surface area contributed by atoms with Crippen LogP contribution < -0.4 is 20.7 Å². The van der Waals surface area contributed by atoms with Crippen molar-refractivity contribution in [2.75, 3.05) is 40.8 Å². The van der Waals surface area contributed by atoms with Crippen molar-refractivity contribution in [1.29, 1.82) is 10.5 Å². The van der Waals surface area contributed by atoms with Crippen molar-refractivity contribution in [3.05, 3.63) is 128 Å². The number of benzene rings is 3. The lowest BCUT2D eigenvalue weighted by molar-refractivity contribution is -0.138. The highest BCUT2D eigenvalue weighted by atomic mass is 31.2. The maximum atomic E-state index is 13.6. The van der Waals surface area contributed by atoms with Gasteiger partial charge in [-0.1, -0.05) is 54.6 Å². The molecule has 0 bridgehead atoms. The SMILES string of the molecule is COc1ccc(C(OC[C@H]2O[C@@H](n3cc(C)c(=O)[nH]c3=O)[C@H](OCOCCC#N)[C@@H]2OP(OCCC#N)N(C(C)C)C(C)C)(c2ccccc2)c2ccc(OC)cc2)cc1. The Morgan fingerprint density at radius 1 is 0.833 bits per heavy atom. The molecule has 0 spiro atoms. The predicted octanol–water partition coefficient (Wildman–Crippen LogP) is 6.70. The summed E-state index contributed by atoms with van der Waals surface area (Å²) in [6.45, 7) is 9.51. The molecule has 2 heterocycles. The van der Waals surface area contributed by atoms with Gasteiger partial charge in [-0.3, -0.25) is 14.3 Å². The molecule has 320 valence electrons. The van der Waals surface area contributed by atoms with Gasteiger partial charge in [0.1, 0.15) is 42.2 Å². The molecule has 1 aromatic heterocycles. The maximum absolute atomic E-state index is 13.6. The number of hydrogen-bond donors (Lipinski definition) is 1. The third kappa shape index (κ3) is 10.9. The summed E-state index contributed by atoms with van der Waals surface area (Å²) < 4.78 is 54.1. The second-order valence-electron chi connectivity index (χ2n) is 14.5. The van der Waals surface area contributed by atoms with Gasteiger partial charge in [0, 0.05) is 23.8 Å². The normalized spacial score (nSPS) is 18.4. The molecule has 60 heavy (non-hydrogen) atoms. The van der Waals surface area contributed by atoms with Gasteiger partial charge in [0.2, 0.25) is 0 Å². The van der Waals surface area contributed by atoms with Crippen LogP contribution in [-0.2, 0) is 33.6 Å². The first-order valence-corrected chi connectivity index (χ1v) is 20.9. The van der Waals surface area contributed by atoms with E-state index in [2.05, 4.69) is 21.8 Å². The first-order valence-electron chi connectivity index (χ1n) is 19.8. The first-order chi connectivity index (χ1) is 29.0. The average Bonchev–Trinajstić information content (AvgIpc) is 3.58. The van der Waals surface area contributed by atoms with Crippen LogP contribution in [0.3, 0.4) is 0 Å². The lowest BCUT2D eigenvalue weighted by Gasteiger charge is -2.39. The largest absolute Gasteiger partial charge is 0.497 e. The number of H-pyrrole nitrogens is 1. The summed E-state index contributed by atoms with van der Waals surface area (Å²) in [4.78, 5) is 28.5. The highest BCUT2D eigenvalue weighted by Gasteiger charge is 2.51. The van der Waals surface area contributed by atoms with Gasteiger partial charge >= 0.3 is 5.69 Å². The van der Waals surface area contributed by atoms with Gasteiger partial charge in [-0.25, -0.2) is 9.46 Å². The number of nitrogens with zero attached hydrogens (tertiary/aromatic N) is 4.